The minimum absolute atomic E-state index is 0.00116. The number of nitrogens with zero attached hydrogens (tertiary/aromatic N) is 4. The first-order chi connectivity index (χ1) is 20.6. The highest BCUT2D eigenvalue weighted by molar-refractivity contribution is 5.50. The molecule has 1 aliphatic rings. The van der Waals surface area contributed by atoms with Crippen LogP contribution in [0.2, 0.25) is 0 Å². The van der Waals surface area contributed by atoms with Crippen LogP contribution in [0.3, 0.4) is 0 Å². The van der Waals surface area contributed by atoms with Crippen LogP contribution in [0.5, 0.6) is 0 Å². The minimum atomic E-state index is -1.53. The van der Waals surface area contributed by atoms with Gasteiger partial charge >= 0.3 is 5.69 Å². The van der Waals surface area contributed by atoms with E-state index in [1.54, 1.807) is 36.1 Å². The Balaban J connectivity index is 1.49. The molecule has 2 N–H and O–H groups in total. The maximum atomic E-state index is 14.6. The molecule has 43 heavy (non-hydrogen) atoms. The van der Waals surface area contributed by atoms with E-state index in [0.717, 1.165) is 22.8 Å². The normalized spacial score (nSPS) is 14.7. The van der Waals surface area contributed by atoms with Crippen molar-refractivity contribution in [2.45, 2.75) is 32.6 Å². The molecule has 4 aromatic rings. The van der Waals surface area contributed by atoms with E-state index in [4.69, 9.17) is 5.73 Å². The van der Waals surface area contributed by atoms with Gasteiger partial charge in [-0.05, 0) is 30.7 Å². The van der Waals surface area contributed by atoms with Crippen LogP contribution < -0.4 is 21.9 Å². The van der Waals surface area contributed by atoms with Gasteiger partial charge < -0.3 is 10.6 Å². The average Bonchev–Trinajstić information content (AvgIpc) is 3.00. The predicted molar refractivity (Wildman–Crippen MR) is 152 cm³/mol. The second-order valence-electron chi connectivity index (χ2n) is 10.5. The van der Waals surface area contributed by atoms with Gasteiger partial charge in [-0.25, -0.2) is 26.7 Å². The van der Waals surface area contributed by atoms with Crippen LogP contribution >= 0.6 is 0 Å². The molecule has 0 aliphatic carbocycles. The lowest BCUT2D eigenvalue weighted by Gasteiger charge is -2.37. The van der Waals surface area contributed by atoms with Crippen LogP contribution in [-0.4, -0.2) is 40.2 Å². The summed E-state index contributed by atoms with van der Waals surface area (Å²) >= 11 is 0. The standard InChI is InChI=1S/C31H30F5N5O2/c1-19-29(39-14-12-38(13-15-39)16-21-10-11-25(34)28(36)27(21)35)30(42)41(18-26(37)20-6-3-2-4-7-20)31(43)40(19)17-22-23(32)8-5-9-24(22)33/h2-11,26H,12-18,37H2,1H3. The molecule has 7 nitrogen and oxygen atoms in total. The summed E-state index contributed by atoms with van der Waals surface area (Å²) in [6.45, 7) is 2.16. The van der Waals surface area contributed by atoms with Crippen molar-refractivity contribution in [1.29, 1.82) is 0 Å². The van der Waals surface area contributed by atoms with Gasteiger partial charge in [0.05, 0.1) is 13.1 Å². The van der Waals surface area contributed by atoms with Gasteiger partial charge in [-0.1, -0.05) is 42.5 Å². The molecular weight excluding hydrogens is 569 g/mol. The third kappa shape index (κ3) is 6.11. The van der Waals surface area contributed by atoms with Gasteiger partial charge in [-0.3, -0.25) is 18.8 Å². The van der Waals surface area contributed by atoms with Crippen molar-refractivity contribution in [1.82, 2.24) is 14.0 Å². The zero-order valence-electron chi connectivity index (χ0n) is 23.4. The summed E-state index contributed by atoms with van der Waals surface area (Å²) in [6.07, 6.45) is 0. The van der Waals surface area contributed by atoms with Crippen LogP contribution in [0.25, 0.3) is 0 Å². The lowest BCUT2D eigenvalue weighted by molar-refractivity contribution is 0.244. The van der Waals surface area contributed by atoms with E-state index in [1.807, 2.05) is 11.0 Å². The molecule has 1 fully saturated rings. The van der Waals surface area contributed by atoms with Crippen LogP contribution in [0.15, 0.2) is 70.3 Å². The van der Waals surface area contributed by atoms with Gasteiger partial charge in [0.15, 0.2) is 17.5 Å². The van der Waals surface area contributed by atoms with Crippen molar-refractivity contribution in [3.8, 4) is 0 Å². The van der Waals surface area contributed by atoms with Crippen molar-refractivity contribution in [3.05, 3.63) is 133 Å². The zero-order valence-corrected chi connectivity index (χ0v) is 23.4. The first-order valence-electron chi connectivity index (χ1n) is 13.7. The van der Waals surface area contributed by atoms with Gasteiger partial charge in [0, 0.05) is 55.6 Å². The number of nitrogens with two attached hydrogens (primary N) is 1. The maximum Gasteiger partial charge on any atom is 0.331 e. The molecule has 1 atom stereocenters. The van der Waals surface area contributed by atoms with Crippen molar-refractivity contribution in [2.75, 3.05) is 31.1 Å². The van der Waals surface area contributed by atoms with Crippen LogP contribution in [0.1, 0.15) is 28.4 Å². The number of halogens is 5. The molecule has 1 aromatic heterocycles. The average molecular weight is 600 g/mol. The SMILES string of the molecule is Cc1c(N2CCN(Cc3ccc(F)c(F)c3F)CC2)c(=O)n(CC(N)c2ccccc2)c(=O)n1Cc1c(F)cccc1F. The second-order valence-corrected chi connectivity index (χ2v) is 10.5. The fourth-order valence-corrected chi connectivity index (χ4v) is 5.40. The molecule has 0 saturated carbocycles. The van der Waals surface area contributed by atoms with Crippen LogP contribution in [0.4, 0.5) is 27.6 Å². The molecule has 0 bridgehead atoms. The molecule has 3 aromatic carbocycles. The molecule has 1 saturated heterocycles. The molecule has 1 aliphatic heterocycles. The van der Waals surface area contributed by atoms with Gasteiger partial charge in [-0.15, -0.1) is 0 Å². The lowest BCUT2D eigenvalue weighted by Crippen LogP contribution is -2.51. The molecule has 2 heterocycles. The topological polar surface area (TPSA) is 76.5 Å². The Hall–Kier alpha value is -4.29. The Morgan fingerprint density at radius 2 is 1.40 bits per heavy atom. The number of benzene rings is 3. The predicted octanol–water partition coefficient (Wildman–Crippen LogP) is 4.08. The Morgan fingerprint density at radius 1 is 0.744 bits per heavy atom. The third-order valence-corrected chi connectivity index (χ3v) is 7.84. The Kier molecular flexibility index (Phi) is 8.79. The summed E-state index contributed by atoms with van der Waals surface area (Å²) in [7, 11) is 0. The van der Waals surface area contributed by atoms with Crippen molar-refractivity contribution in [2.24, 2.45) is 5.73 Å². The van der Waals surface area contributed by atoms with Gasteiger partial charge in [0.25, 0.3) is 5.56 Å². The summed E-state index contributed by atoms with van der Waals surface area (Å²) in [5.41, 5.74) is 5.79. The van der Waals surface area contributed by atoms with Crippen molar-refractivity contribution >= 4 is 5.69 Å². The Morgan fingerprint density at radius 3 is 2.05 bits per heavy atom. The van der Waals surface area contributed by atoms with E-state index < -0.39 is 52.9 Å². The molecule has 12 heteroatoms. The highest BCUT2D eigenvalue weighted by Gasteiger charge is 2.27. The number of hydrogen-bond acceptors (Lipinski definition) is 5. The van der Waals surface area contributed by atoms with E-state index in [9.17, 15) is 31.5 Å². The first kappa shape index (κ1) is 30.2. The molecule has 5 rings (SSSR count). The fraction of sp³-hybridized carbons (Fsp3) is 0.290. The van der Waals surface area contributed by atoms with Crippen LogP contribution in [0, 0.1) is 36.0 Å². The highest BCUT2D eigenvalue weighted by Crippen LogP contribution is 2.22. The van der Waals surface area contributed by atoms with Crippen LogP contribution in [-0.2, 0) is 19.6 Å². The largest absolute Gasteiger partial charge is 0.363 e. The van der Waals surface area contributed by atoms with E-state index in [-0.39, 0.29) is 48.7 Å². The minimum Gasteiger partial charge on any atom is -0.363 e. The van der Waals surface area contributed by atoms with E-state index >= 15 is 0 Å². The molecule has 0 spiro atoms. The molecule has 0 amide bonds. The quantitative estimate of drug-likeness (QED) is 0.244. The molecule has 0 radical (unpaired) electrons. The second kappa shape index (κ2) is 12.5. The molecule has 226 valence electrons. The third-order valence-electron chi connectivity index (χ3n) is 7.84. The highest BCUT2D eigenvalue weighted by atomic mass is 19.2. The van der Waals surface area contributed by atoms with E-state index in [2.05, 4.69) is 0 Å². The van der Waals surface area contributed by atoms with E-state index in [0.29, 0.717) is 18.7 Å². The zero-order chi connectivity index (χ0) is 30.8. The smallest absolute Gasteiger partial charge is 0.331 e. The molecular formula is C31H30F5N5O2. The van der Waals surface area contributed by atoms with E-state index in [1.165, 1.54) is 16.7 Å². The number of aromatic nitrogens is 2. The Labute approximate surface area is 244 Å². The lowest BCUT2D eigenvalue weighted by atomic mass is 10.1. The van der Waals surface area contributed by atoms with Crippen molar-refractivity contribution < 1.29 is 22.0 Å². The Bertz CT molecular complexity index is 1730. The fourth-order valence-electron chi connectivity index (χ4n) is 5.40. The summed E-state index contributed by atoms with van der Waals surface area (Å²) in [4.78, 5) is 31.1. The first-order valence-corrected chi connectivity index (χ1v) is 13.7. The number of hydrogen-bond donors (Lipinski definition) is 1. The summed E-state index contributed by atoms with van der Waals surface area (Å²) < 4.78 is 72.8. The number of anilines is 1. The van der Waals surface area contributed by atoms with Crippen molar-refractivity contribution in [3.63, 3.8) is 0 Å². The summed E-state index contributed by atoms with van der Waals surface area (Å²) in [6, 6.07) is 13.7. The van der Waals surface area contributed by atoms with Gasteiger partial charge in [0.2, 0.25) is 0 Å². The maximum absolute atomic E-state index is 14.6. The number of rotatable bonds is 8. The van der Waals surface area contributed by atoms with Gasteiger partial charge in [0.1, 0.15) is 17.3 Å². The molecule has 1 unspecified atom stereocenters. The van der Waals surface area contributed by atoms with Gasteiger partial charge in [-0.2, -0.15) is 0 Å². The number of piperazine rings is 1. The summed E-state index contributed by atoms with van der Waals surface area (Å²) in [5, 5.41) is 0. The monoisotopic (exact) mass is 599 g/mol. The summed E-state index contributed by atoms with van der Waals surface area (Å²) in [5.74, 6) is -5.71.